The molecule has 1 aromatic rings. The van der Waals surface area contributed by atoms with Crippen LogP contribution in [-0.2, 0) is 16.0 Å². The molecule has 23 heavy (non-hydrogen) atoms. The summed E-state index contributed by atoms with van der Waals surface area (Å²) in [6, 6.07) is 9.13. The number of carbonyl (C=O) groups excluding carboxylic acids is 1. The van der Waals surface area contributed by atoms with Gasteiger partial charge in [0.15, 0.2) is 0 Å². The summed E-state index contributed by atoms with van der Waals surface area (Å²) in [7, 11) is 0. The number of carboxylic acids is 1. The van der Waals surface area contributed by atoms with E-state index in [1.54, 1.807) is 0 Å². The van der Waals surface area contributed by atoms with E-state index in [4.69, 9.17) is 5.11 Å². The van der Waals surface area contributed by atoms with Gasteiger partial charge in [0.25, 0.3) is 0 Å². The number of hydrogen-bond donors (Lipinski definition) is 1. The van der Waals surface area contributed by atoms with Crippen LogP contribution in [0, 0.1) is 0 Å². The molecule has 1 N–H and O–H groups in total. The number of benzene rings is 1. The molecule has 2 aliphatic rings. The number of aryl methyl sites for hydroxylation is 1. The van der Waals surface area contributed by atoms with Crippen LogP contribution in [0.4, 0.5) is 0 Å². The van der Waals surface area contributed by atoms with Gasteiger partial charge in [0.1, 0.15) is 0 Å². The maximum atomic E-state index is 12.8. The highest BCUT2D eigenvalue weighted by Crippen LogP contribution is 2.41. The van der Waals surface area contributed by atoms with Crippen molar-refractivity contribution in [2.75, 3.05) is 0 Å². The molecule has 0 radical (unpaired) electrons. The van der Waals surface area contributed by atoms with Gasteiger partial charge in [0, 0.05) is 18.9 Å². The summed E-state index contributed by atoms with van der Waals surface area (Å²) in [5.41, 5.74) is 2.71. The van der Waals surface area contributed by atoms with E-state index in [-0.39, 0.29) is 18.4 Å². The Labute approximate surface area is 137 Å². The van der Waals surface area contributed by atoms with Gasteiger partial charge in [-0.2, -0.15) is 0 Å². The molecular weight excluding hydrogens is 290 g/mol. The lowest BCUT2D eigenvalue weighted by atomic mass is 9.86. The summed E-state index contributed by atoms with van der Waals surface area (Å²) in [5, 5.41) is 8.70. The van der Waals surface area contributed by atoms with Gasteiger partial charge in [-0.15, -0.1) is 0 Å². The van der Waals surface area contributed by atoms with Crippen molar-refractivity contribution < 1.29 is 14.7 Å². The number of aliphatic carboxylic acids is 1. The van der Waals surface area contributed by atoms with Crippen LogP contribution in [-0.4, -0.2) is 27.9 Å². The Bertz CT molecular complexity index is 580. The van der Waals surface area contributed by atoms with E-state index < -0.39 is 5.97 Å². The van der Waals surface area contributed by atoms with Gasteiger partial charge < -0.3 is 10.0 Å². The molecule has 0 saturated heterocycles. The van der Waals surface area contributed by atoms with E-state index in [0.717, 1.165) is 32.1 Å². The van der Waals surface area contributed by atoms with E-state index >= 15 is 0 Å². The lowest BCUT2D eigenvalue weighted by molar-refractivity contribution is -0.138. The lowest BCUT2D eigenvalue weighted by Crippen LogP contribution is -2.38. The first-order chi connectivity index (χ1) is 11.2. The molecule has 1 aromatic carbocycles. The summed E-state index contributed by atoms with van der Waals surface area (Å²) in [6.45, 7) is 0. The molecule has 0 heterocycles. The predicted molar refractivity (Wildman–Crippen MR) is 88.1 cm³/mol. The first-order valence-electron chi connectivity index (χ1n) is 8.77. The van der Waals surface area contributed by atoms with Crippen molar-refractivity contribution in [2.24, 2.45) is 0 Å². The first kappa shape index (κ1) is 16.0. The number of nitrogens with zero attached hydrogens (tertiary/aromatic N) is 1. The smallest absolute Gasteiger partial charge is 0.303 e. The Morgan fingerprint density at radius 1 is 1.09 bits per heavy atom. The van der Waals surface area contributed by atoms with Crippen LogP contribution in [0.15, 0.2) is 24.3 Å². The van der Waals surface area contributed by atoms with Crippen molar-refractivity contribution in [1.29, 1.82) is 0 Å². The molecule has 1 atom stereocenters. The first-order valence-corrected chi connectivity index (χ1v) is 8.77. The number of fused-ring (bicyclic) bond motifs is 1. The fraction of sp³-hybridized carbons (Fsp3) is 0.579. The van der Waals surface area contributed by atoms with E-state index in [9.17, 15) is 9.59 Å². The zero-order valence-corrected chi connectivity index (χ0v) is 13.5. The molecule has 4 nitrogen and oxygen atoms in total. The molecule has 3 rings (SSSR count). The Balaban J connectivity index is 1.68. The molecule has 124 valence electrons. The van der Waals surface area contributed by atoms with E-state index in [0.29, 0.717) is 25.3 Å². The summed E-state index contributed by atoms with van der Waals surface area (Å²) >= 11 is 0. The molecule has 1 amide bonds. The Morgan fingerprint density at radius 2 is 1.83 bits per heavy atom. The number of amides is 1. The quantitative estimate of drug-likeness (QED) is 0.781. The third-order valence-electron chi connectivity index (χ3n) is 4.93. The number of hydrogen-bond acceptors (Lipinski definition) is 2. The molecule has 0 aromatic heterocycles. The van der Waals surface area contributed by atoms with Crippen LogP contribution in [0.2, 0.25) is 0 Å². The number of carbonyl (C=O) groups is 2. The molecule has 0 bridgehead atoms. The fourth-order valence-electron chi connectivity index (χ4n) is 3.68. The van der Waals surface area contributed by atoms with Crippen LogP contribution in [0.25, 0.3) is 0 Å². The van der Waals surface area contributed by atoms with Crippen molar-refractivity contribution >= 4 is 11.9 Å². The van der Waals surface area contributed by atoms with Crippen molar-refractivity contribution in [3.63, 3.8) is 0 Å². The fourth-order valence-corrected chi connectivity index (χ4v) is 3.68. The average Bonchev–Trinajstić information content (AvgIpc) is 3.37. The molecular formula is C19H25NO3. The molecule has 2 aliphatic carbocycles. The monoisotopic (exact) mass is 315 g/mol. The highest BCUT2D eigenvalue weighted by atomic mass is 16.4. The Kier molecular flexibility index (Phi) is 4.99. The van der Waals surface area contributed by atoms with Gasteiger partial charge in [-0.05, 0) is 56.1 Å². The molecule has 1 saturated carbocycles. The van der Waals surface area contributed by atoms with Crippen LogP contribution < -0.4 is 0 Å². The second kappa shape index (κ2) is 7.16. The third-order valence-corrected chi connectivity index (χ3v) is 4.93. The highest BCUT2D eigenvalue weighted by molar-refractivity contribution is 5.77. The van der Waals surface area contributed by atoms with Crippen molar-refractivity contribution in [3.8, 4) is 0 Å². The number of carboxylic acid groups (broad SMARTS) is 1. The second-order valence-electron chi connectivity index (χ2n) is 6.74. The average molecular weight is 315 g/mol. The molecule has 4 heteroatoms. The van der Waals surface area contributed by atoms with Crippen LogP contribution >= 0.6 is 0 Å². The minimum Gasteiger partial charge on any atom is -0.481 e. The number of unbranched alkanes of at least 4 members (excludes halogenated alkanes) is 1. The van der Waals surface area contributed by atoms with E-state index in [1.807, 2.05) is 0 Å². The molecule has 0 spiro atoms. The van der Waals surface area contributed by atoms with Crippen LogP contribution in [0.3, 0.4) is 0 Å². The normalized spacial score (nSPS) is 19.9. The molecule has 1 unspecified atom stereocenters. The zero-order valence-electron chi connectivity index (χ0n) is 13.5. The maximum Gasteiger partial charge on any atom is 0.303 e. The van der Waals surface area contributed by atoms with Crippen LogP contribution in [0.1, 0.15) is 68.5 Å². The zero-order chi connectivity index (χ0) is 16.2. The van der Waals surface area contributed by atoms with Crippen molar-refractivity contribution in [2.45, 2.75) is 69.9 Å². The van der Waals surface area contributed by atoms with Gasteiger partial charge in [0.05, 0.1) is 6.04 Å². The van der Waals surface area contributed by atoms with Gasteiger partial charge in [-0.1, -0.05) is 24.3 Å². The van der Waals surface area contributed by atoms with Crippen LogP contribution in [0.5, 0.6) is 0 Å². The van der Waals surface area contributed by atoms with Gasteiger partial charge in [0.2, 0.25) is 5.91 Å². The molecule has 0 aliphatic heterocycles. The van der Waals surface area contributed by atoms with Gasteiger partial charge >= 0.3 is 5.97 Å². The third kappa shape index (κ3) is 3.92. The summed E-state index contributed by atoms with van der Waals surface area (Å²) in [6.07, 6.45) is 7.40. The largest absolute Gasteiger partial charge is 0.481 e. The van der Waals surface area contributed by atoms with E-state index in [2.05, 4.69) is 29.2 Å². The molecule has 1 fully saturated rings. The minimum atomic E-state index is -0.780. The maximum absolute atomic E-state index is 12.8. The lowest BCUT2D eigenvalue weighted by Gasteiger charge is -2.36. The summed E-state index contributed by atoms with van der Waals surface area (Å²) in [4.78, 5) is 25.5. The van der Waals surface area contributed by atoms with E-state index in [1.165, 1.54) is 11.1 Å². The highest BCUT2D eigenvalue weighted by Gasteiger charge is 2.38. The SMILES string of the molecule is O=C(O)CCCCC(=O)N(C1CC1)C1CCCc2ccccc21. The number of rotatable bonds is 7. The summed E-state index contributed by atoms with van der Waals surface area (Å²) < 4.78 is 0. The van der Waals surface area contributed by atoms with Crippen molar-refractivity contribution in [1.82, 2.24) is 4.90 Å². The van der Waals surface area contributed by atoms with Gasteiger partial charge in [-0.25, -0.2) is 0 Å². The Hall–Kier alpha value is -1.84. The Morgan fingerprint density at radius 3 is 2.57 bits per heavy atom. The standard InChI is InChI=1S/C19H25NO3/c21-18(10-3-4-11-19(22)23)20(15-12-13-15)17-9-5-7-14-6-1-2-8-16(14)17/h1-2,6,8,15,17H,3-5,7,9-13H2,(H,22,23). The van der Waals surface area contributed by atoms with Crippen molar-refractivity contribution in [3.05, 3.63) is 35.4 Å². The summed E-state index contributed by atoms with van der Waals surface area (Å²) in [5.74, 6) is -0.572. The predicted octanol–water partition coefficient (Wildman–Crippen LogP) is 3.70. The minimum absolute atomic E-state index is 0.156. The second-order valence-corrected chi connectivity index (χ2v) is 6.74. The topological polar surface area (TPSA) is 57.6 Å². The van der Waals surface area contributed by atoms with Gasteiger partial charge in [-0.3, -0.25) is 9.59 Å².